The molecule has 170 valence electrons. The van der Waals surface area contributed by atoms with Gasteiger partial charge in [0.15, 0.2) is 5.16 Å². The van der Waals surface area contributed by atoms with Gasteiger partial charge in [-0.2, -0.15) is 0 Å². The van der Waals surface area contributed by atoms with E-state index in [1.807, 2.05) is 40.6 Å². The molecule has 0 unspecified atom stereocenters. The van der Waals surface area contributed by atoms with Crippen molar-refractivity contribution in [1.82, 2.24) is 14.5 Å². The Balaban J connectivity index is 1.40. The van der Waals surface area contributed by atoms with Crippen LogP contribution in [0.1, 0.15) is 19.8 Å². The molecule has 1 saturated heterocycles. The lowest BCUT2D eigenvalue weighted by Gasteiger charge is -2.36. The van der Waals surface area contributed by atoms with Gasteiger partial charge >= 0.3 is 0 Å². The minimum Gasteiger partial charge on any atom is -0.495 e. The van der Waals surface area contributed by atoms with E-state index < -0.39 is 0 Å². The number of rotatable bonds is 8. The molecule has 7 nitrogen and oxygen atoms in total. The number of carbonyl (C=O) groups excluding carboxylic acids is 1. The monoisotopic (exact) mass is 472 g/mol. The number of unbranched alkanes of at least 4 members (excludes halogenated alkanes) is 1. The van der Waals surface area contributed by atoms with Crippen molar-refractivity contribution >= 4 is 44.9 Å². The average molecular weight is 473 g/mol. The Morgan fingerprint density at radius 1 is 1.19 bits per heavy atom. The van der Waals surface area contributed by atoms with Crippen LogP contribution in [0.5, 0.6) is 5.75 Å². The first-order valence-corrected chi connectivity index (χ1v) is 12.8. The predicted molar refractivity (Wildman–Crippen MR) is 131 cm³/mol. The van der Waals surface area contributed by atoms with Crippen LogP contribution in [0.3, 0.4) is 0 Å². The van der Waals surface area contributed by atoms with Gasteiger partial charge in [0.2, 0.25) is 5.91 Å². The molecule has 0 spiro atoms. The zero-order valence-electron chi connectivity index (χ0n) is 18.5. The smallest absolute Gasteiger partial charge is 0.272 e. The molecule has 0 bridgehead atoms. The molecule has 0 saturated carbocycles. The van der Waals surface area contributed by atoms with E-state index in [9.17, 15) is 9.59 Å². The van der Waals surface area contributed by atoms with Gasteiger partial charge in [0.05, 0.1) is 24.1 Å². The topological polar surface area (TPSA) is 67.7 Å². The highest BCUT2D eigenvalue weighted by Gasteiger charge is 2.23. The minimum absolute atomic E-state index is 0.00109. The van der Waals surface area contributed by atoms with Crippen molar-refractivity contribution in [2.75, 3.05) is 43.9 Å². The van der Waals surface area contributed by atoms with Crippen LogP contribution in [0.15, 0.2) is 45.7 Å². The fourth-order valence-corrected chi connectivity index (χ4v) is 5.56. The zero-order valence-corrected chi connectivity index (χ0v) is 20.1. The van der Waals surface area contributed by atoms with Crippen LogP contribution >= 0.6 is 23.1 Å². The van der Waals surface area contributed by atoms with Gasteiger partial charge in [-0.15, -0.1) is 11.3 Å². The predicted octanol–water partition coefficient (Wildman–Crippen LogP) is 3.71. The minimum atomic E-state index is -0.00109. The van der Waals surface area contributed by atoms with E-state index in [1.54, 1.807) is 11.7 Å². The van der Waals surface area contributed by atoms with Gasteiger partial charge in [-0.3, -0.25) is 14.2 Å². The maximum atomic E-state index is 12.9. The maximum Gasteiger partial charge on any atom is 0.272 e. The number of piperazine rings is 1. The van der Waals surface area contributed by atoms with Crippen molar-refractivity contribution in [3.63, 3.8) is 0 Å². The number of para-hydroxylation sites is 2. The van der Waals surface area contributed by atoms with Gasteiger partial charge in [0.25, 0.3) is 5.56 Å². The number of fused-ring (bicyclic) bond motifs is 1. The van der Waals surface area contributed by atoms with Crippen molar-refractivity contribution in [2.45, 2.75) is 31.5 Å². The largest absolute Gasteiger partial charge is 0.495 e. The maximum absolute atomic E-state index is 12.9. The third-order valence-electron chi connectivity index (χ3n) is 5.65. The number of amides is 1. The Bertz CT molecular complexity index is 1140. The third-order valence-corrected chi connectivity index (χ3v) is 7.50. The molecule has 1 aliphatic heterocycles. The summed E-state index contributed by atoms with van der Waals surface area (Å²) >= 11 is 2.79. The van der Waals surface area contributed by atoms with Gasteiger partial charge in [0.1, 0.15) is 10.4 Å². The number of nitrogens with zero attached hydrogens (tertiary/aromatic N) is 4. The van der Waals surface area contributed by atoms with Crippen molar-refractivity contribution in [2.24, 2.45) is 0 Å². The summed E-state index contributed by atoms with van der Waals surface area (Å²) in [5.41, 5.74) is 1.77. The summed E-state index contributed by atoms with van der Waals surface area (Å²) in [6.45, 7) is 5.58. The molecule has 3 heterocycles. The van der Waals surface area contributed by atoms with Crippen molar-refractivity contribution in [3.05, 3.63) is 46.1 Å². The first-order valence-electron chi connectivity index (χ1n) is 10.9. The van der Waals surface area contributed by atoms with E-state index in [0.717, 1.165) is 37.4 Å². The van der Waals surface area contributed by atoms with Gasteiger partial charge in [0, 0.05) is 32.7 Å². The number of ether oxygens (including phenoxy) is 1. The number of benzene rings is 1. The highest BCUT2D eigenvalue weighted by molar-refractivity contribution is 7.99. The van der Waals surface area contributed by atoms with Crippen LogP contribution < -0.4 is 15.2 Å². The van der Waals surface area contributed by atoms with Crippen LogP contribution in [0.25, 0.3) is 10.2 Å². The first kappa shape index (κ1) is 22.7. The fraction of sp³-hybridized carbons (Fsp3) is 0.435. The van der Waals surface area contributed by atoms with Crippen molar-refractivity contribution in [1.29, 1.82) is 0 Å². The summed E-state index contributed by atoms with van der Waals surface area (Å²) < 4.78 is 7.89. The second-order valence-electron chi connectivity index (χ2n) is 7.67. The summed E-state index contributed by atoms with van der Waals surface area (Å²) in [5, 5.41) is 2.53. The molecule has 32 heavy (non-hydrogen) atoms. The Labute approximate surface area is 196 Å². The van der Waals surface area contributed by atoms with E-state index in [4.69, 9.17) is 4.74 Å². The second kappa shape index (κ2) is 10.4. The molecule has 0 atom stereocenters. The zero-order chi connectivity index (χ0) is 22.5. The fourth-order valence-electron chi connectivity index (χ4n) is 3.85. The Hall–Kier alpha value is -2.52. The average Bonchev–Trinajstić information content (AvgIpc) is 3.31. The Morgan fingerprint density at radius 2 is 1.97 bits per heavy atom. The molecule has 0 N–H and O–H groups in total. The summed E-state index contributed by atoms with van der Waals surface area (Å²) in [6, 6.07) is 9.84. The lowest BCUT2D eigenvalue weighted by Crippen LogP contribution is -2.49. The van der Waals surface area contributed by atoms with Crippen LogP contribution in [0.4, 0.5) is 5.69 Å². The van der Waals surface area contributed by atoms with Gasteiger partial charge in [-0.1, -0.05) is 37.2 Å². The van der Waals surface area contributed by atoms with Gasteiger partial charge < -0.3 is 14.5 Å². The number of anilines is 1. The van der Waals surface area contributed by atoms with Crippen molar-refractivity contribution in [3.8, 4) is 5.75 Å². The SMILES string of the molecule is CCCCn1c(SCC(=O)N2CCN(c3ccccc3OC)CC2)nc2ccsc2c1=O. The highest BCUT2D eigenvalue weighted by atomic mass is 32.2. The second-order valence-corrected chi connectivity index (χ2v) is 9.53. The number of carbonyl (C=O) groups is 1. The summed E-state index contributed by atoms with van der Waals surface area (Å²) in [6.07, 6.45) is 1.90. The molecule has 0 aliphatic carbocycles. The number of thiophene rings is 1. The number of aromatic nitrogens is 2. The standard InChI is InChI=1S/C23H28N4O3S2/c1-3-4-10-27-22(29)21-17(9-15-31-21)24-23(27)32-16-20(28)26-13-11-25(12-14-26)18-7-5-6-8-19(18)30-2/h5-9,15H,3-4,10-14,16H2,1-2H3. The van der Waals surface area contributed by atoms with E-state index in [2.05, 4.69) is 16.8 Å². The molecule has 2 aromatic heterocycles. The number of hydrogen-bond acceptors (Lipinski definition) is 7. The number of thioether (sulfide) groups is 1. The lowest BCUT2D eigenvalue weighted by molar-refractivity contribution is -0.128. The van der Waals surface area contributed by atoms with Crippen LogP contribution in [0.2, 0.25) is 0 Å². The van der Waals surface area contributed by atoms with Crippen LogP contribution in [0, 0.1) is 0 Å². The number of methoxy groups -OCH3 is 1. The molecule has 9 heteroatoms. The normalized spacial score (nSPS) is 14.2. The Morgan fingerprint density at radius 3 is 2.72 bits per heavy atom. The molecule has 0 radical (unpaired) electrons. The summed E-state index contributed by atoms with van der Waals surface area (Å²) in [4.78, 5) is 34.6. The third kappa shape index (κ3) is 4.78. The Kier molecular flexibility index (Phi) is 7.36. The molecular weight excluding hydrogens is 444 g/mol. The molecule has 4 rings (SSSR count). The van der Waals surface area contributed by atoms with Gasteiger partial charge in [-0.25, -0.2) is 4.98 Å². The van der Waals surface area contributed by atoms with Crippen LogP contribution in [-0.4, -0.2) is 59.4 Å². The van der Waals surface area contributed by atoms with Crippen LogP contribution in [-0.2, 0) is 11.3 Å². The van der Waals surface area contributed by atoms with Gasteiger partial charge in [-0.05, 0) is 30.0 Å². The molecule has 1 aromatic carbocycles. The highest BCUT2D eigenvalue weighted by Crippen LogP contribution is 2.28. The lowest BCUT2D eigenvalue weighted by atomic mass is 10.2. The molecule has 1 fully saturated rings. The van der Waals surface area contributed by atoms with E-state index in [-0.39, 0.29) is 17.2 Å². The summed E-state index contributed by atoms with van der Waals surface area (Å²) in [5.74, 6) is 1.21. The molecule has 3 aromatic rings. The molecule has 1 amide bonds. The van der Waals surface area contributed by atoms with E-state index in [0.29, 0.717) is 35.0 Å². The first-order chi connectivity index (χ1) is 15.6. The van der Waals surface area contributed by atoms with Crippen molar-refractivity contribution < 1.29 is 9.53 Å². The molecular formula is C23H28N4O3S2. The van der Waals surface area contributed by atoms with E-state index >= 15 is 0 Å². The van der Waals surface area contributed by atoms with E-state index in [1.165, 1.54) is 23.1 Å². The quantitative estimate of drug-likeness (QED) is 0.368. The molecule has 1 aliphatic rings. The number of hydrogen-bond donors (Lipinski definition) is 0. The summed E-state index contributed by atoms with van der Waals surface area (Å²) in [7, 11) is 1.68.